The average molecular weight is 336 g/mol. The molecule has 1 fully saturated rings. The van der Waals surface area contributed by atoms with Crippen molar-refractivity contribution in [3.8, 4) is 0 Å². The SMILES string of the molecule is CC[C@H](O)CN1CCN(C(=O)c2cc3c(F)cccc3s2)CC1. The van der Waals surface area contributed by atoms with Gasteiger partial charge in [-0.05, 0) is 24.6 Å². The predicted molar refractivity (Wildman–Crippen MR) is 90.4 cm³/mol. The molecule has 2 aromatic rings. The summed E-state index contributed by atoms with van der Waals surface area (Å²) < 4.78 is 14.6. The highest BCUT2D eigenvalue weighted by atomic mass is 32.1. The van der Waals surface area contributed by atoms with Crippen LogP contribution in [0, 0.1) is 5.82 Å². The standard InChI is InChI=1S/C17H21FN2O2S/c1-2-12(21)11-19-6-8-20(9-7-19)17(22)16-10-13-14(18)4-3-5-15(13)23-16/h3-5,10,12,21H,2,6-9,11H2,1H3/t12-/m0/s1. The minimum absolute atomic E-state index is 0.0266. The monoisotopic (exact) mass is 336 g/mol. The van der Waals surface area contributed by atoms with Crippen molar-refractivity contribution in [2.45, 2.75) is 19.4 Å². The molecule has 4 nitrogen and oxygen atoms in total. The maximum atomic E-state index is 13.8. The largest absolute Gasteiger partial charge is 0.392 e. The Kier molecular flexibility index (Phi) is 4.94. The van der Waals surface area contributed by atoms with Crippen molar-refractivity contribution < 1.29 is 14.3 Å². The van der Waals surface area contributed by atoms with Crippen LogP contribution in [0.5, 0.6) is 0 Å². The van der Waals surface area contributed by atoms with Gasteiger partial charge in [0.15, 0.2) is 0 Å². The number of benzene rings is 1. The van der Waals surface area contributed by atoms with Gasteiger partial charge in [-0.3, -0.25) is 9.69 Å². The molecule has 0 aliphatic carbocycles. The van der Waals surface area contributed by atoms with Crippen LogP contribution < -0.4 is 0 Å². The number of aliphatic hydroxyl groups excluding tert-OH is 1. The van der Waals surface area contributed by atoms with Gasteiger partial charge in [-0.2, -0.15) is 0 Å². The van der Waals surface area contributed by atoms with Crippen molar-refractivity contribution in [2.75, 3.05) is 32.7 Å². The molecule has 124 valence electrons. The lowest BCUT2D eigenvalue weighted by molar-refractivity contribution is 0.0527. The first-order valence-corrected chi connectivity index (χ1v) is 8.78. The molecule has 3 rings (SSSR count). The molecule has 0 saturated carbocycles. The molecule has 2 heterocycles. The fourth-order valence-electron chi connectivity index (χ4n) is 2.85. The van der Waals surface area contributed by atoms with Crippen molar-refractivity contribution in [1.29, 1.82) is 0 Å². The Labute approximate surface area is 139 Å². The normalized spacial score (nSPS) is 17.6. The van der Waals surface area contributed by atoms with E-state index in [1.807, 2.05) is 17.9 Å². The van der Waals surface area contributed by atoms with Crippen molar-refractivity contribution in [3.05, 3.63) is 35.0 Å². The van der Waals surface area contributed by atoms with Gasteiger partial charge in [0.05, 0.1) is 11.0 Å². The van der Waals surface area contributed by atoms with Crippen LogP contribution in [0.1, 0.15) is 23.0 Å². The van der Waals surface area contributed by atoms with Gasteiger partial charge in [0.2, 0.25) is 0 Å². The lowest BCUT2D eigenvalue weighted by Gasteiger charge is -2.35. The number of β-amino-alcohol motifs (C(OH)–C–C–N with tert-alkyl or cyclic N) is 1. The second-order valence-corrected chi connectivity index (χ2v) is 7.00. The zero-order valence-electron chi connectivity index (χ0n) is 13.2. The molecule has 1 atom stereocenters. The number of hydrogen-bond acceptors (Lipinski definition) is 4. The molecule has 1 aromatic heterocycles. The van der Waals surface area contributed by atoms with Gasteiger partial charge in [0.25, 0.3) is 5.91 Å². The molecule has 1 aliphatic heterocycles. The van der Waals surface area contributed by atoms with Crippen LogP contribution in [0.15, 0.2) is 24.3 Å². The molecule has 0 radical (unpaired) electrons. The number of rotatable bonds is 4. The summed E-state index contributed by atoms with van der Waals surface area (Å²) in [5.74, 6) is -0.308. The molecule has 1 N–H and O–H groups in total. The second-order valence-electron chi connectivity index (χ2n) is 5.92. The van der Waals surface area contributed by atoms with Crippen molar-refractivity contribution in [2.24, 2.45) is 0 Å². The Hall–Kier alpha value is -1.50. The van der Waals surface area contributed by atoms with Crippen molar-refractivity contribution in [3.63, 3.8) is 0 Å². The minimum atomic E-state index is -0.303. The van der Waals surface area contributed by atoms with E-state index in [4.69, 9.17) is 0 Å². The second kappa shape index (κ2) is 6.95. The predicted octanol–water partition coefficient (Wildman–Crippen LogP) is 2.57. The van der Waals surface area contributed by atoms with E-state index in [1.165, 1.54) is 17.4 Å². The van der Waals surface area contributed by atoms with Gasteiger partial charge < -0.3 is 10.0 Å². The Morgan fingerprint density at radius 2 is 2.09 bits per heavy atom. The third-order valence-electron chi connectivity index (χ3n) is 4.32. The summed E-state index contributed by atoms with van der Waals surface area (Å²) in [6, 6.07) is 6.58. The van der Waals surface area contributed by atoms with E-state index < -0.39 is 0 Å². The number of piperazine rings is 1. The fraction of sp³-hybridized carbons (Fsp3) is 0.471. The first kappa shape index (κ1) is 16.4. The molecule has 0 spiro atoms. The van der Waals surface area contributed by atoms with Gasteiger partial charge in [-0.25, -0.2) is 4.39 Å². The van der Waals surface area contributed by atoms with Gasteiger partial charge >= 0.3 is 0 Å². The summed E-state index contributed by atoms with van der Waals surface area (Å²) in [5, 5.41) is 10.2. The first-order valence-electron chi connectivity index (χ1n) is 7.96. The van der Waals surface area contributed by atoms with Crippen LogP contribution in [-0.4, -0.2) is 59.6 Å². The van der Waals surface area contributed by atoms with E-state index >= 15 is 0 Å². The summed E-state index contributed by atoms with van der Waals surface area (Å²) >= 11 is 1.34. The maximum absolute atomic E-state index is 13.8. The quantitative estimate of drug-likeness (QED) is 0.933. The molecule has 0 unspecified atom stereocenters. The minimum Gasteiger partial charge on any atom is -0.392 e. The van der Waals surface area contributed by atoms with E-state index in [0.717, 1.165) is 24.2 Å². The number of carbonyl (C=O) groups is 1. The topological polar surface area (TPSA) is 43.8 Å². The molecule has 0 bridgehead atoms. The van der Waals surface area contributed by atoms with Crippen LogP contribution in [0.2, 0.25) is 0 Å². The number of hydrogen-bond donors (Lipinski definition) is 1. The van der Waals surface area contributed by atoms with E-state index in [9.17, 15) is 14.3 Å². The molecule has 6 heteroatoms. The molecule has 1 aromatic carbocycles. The number of amides is 1. The highest BCUT2D eigenvalue weighted by Gasteiger charge is 2.24. The zero-order chi connectivity index (χ0) is 16.4. The van der Waals surface area contributed by atoms with E-state index in [1.54, 1.807) is 12.1 Å². The van der Waals surface area contributed by atoms with E-state index in [0.29, 0.717) is 29.9 Å². The highest BCUT2D eigenvalue weighted by molar-refractivity contribution is 7.20. The highest BCUT2D eigenvalue weighted by Crippen LogP contribution is 2.28. The van der Waals surface area contributed by atoms with Crippen LogP contribution in [-0.2, 0) is 0 Å². The van der Waals surface area contributed by atoms with Gasteiger partial charge in [-0.1, -0.05) is 13.0 Å². The molecule has 1 saturated heterocycles. The van der Waals surface area contributed by atoms with Gasteiger partial charge in [0, 0.05) is 42.8 Å². The maximum Gasteiger partial charge on any atom is 0.264 e. The van der Waals surface area contributed by atoms with Crippen LogP contribution in [0.3, 0.4) is 0 Å². The van der Waals surface area contributed by atoms with E-state index in [2.05, 4.69) is 4.90 Å². The van der Waals surface area contributed by atoms with Gasteiger partial charge in [-0.15, -0.1) is 11.3 Å². The van der Waals surface area contributed by atoms with E-state index in [-0.39, 0.29) is 17.8 Å². The number of carbonyl (C=O) groups excluding carboxylic acids is 1. The molecule has 1 amide bonds. The third-order valence-corrected chi connectivity index (χ3v) is 5.41. The summed E-state index contributed by atoms with van der Waals surface area (Å²) in [6.07, 6.45) is 0.440. The molecular formula is C17H21FN2O2S. The summed E-state index contributed by atoms with van der Waals surface area (Å²) in [5.41, 5.74) is 0. The Morgan fingerprint density at radius 1 is 1.35 bits per heavy atom. The number of fused-ring (bicyclic) bond motifs is 1. The molecule has 23 heavy (non-hydrogen) atoms. The Morgan fingerprint density at radius 3 is 2.74 bits per heavy atom. The summed E-state index contributed by atoms with van der Waals surface area (Å²) in [6.45, 7) is 5.44. The molecule has 1 aliphatic rings. The van der Waals surface area contributed by atoms with Crippen LogP contribution >= 0.6 is 11.3 Å². The van der Waals surface area contributed by atoms with Crippen LogP contribution in [0.4, 0.5) is 4.39 Å². The fourth-order valence-corrected chi connectivity index (χ4v) is 3.89. The van der Waals surface area contributed by atoms with Crippen molar-refractivity contribution in [1.82, 2.24) is 9.80 Å². The molecular weight excluding hydrogens is 315 g/mol. The number of thiophene rings is 1. The number of halogens is 1. The lowest BCUT2D eigenvalue weighted by atomic mass is 10.2. The zero-order valence-corrected chi connectivity index (χ0v) is 14.0. The lowest BCUT2D eigenvalue weighted by Crippen LogP contribution is -2.50. The summed E-state index contributed by atoms with van der Waals surface area (Å²) in [4.78, 5) is 17.2. The Bertz CT molecular complexity index is 695. The van der Waals surface area contributed by atoms with Crippen molar-refractivity contribution >= 4 is 27.3 Å². The first-order chi connectivity index (χ1) is 11.1. The van der Waals surface area contributed by atoms with Crippen LogP contribution in [0.25, 0.3) is 10.1 Å². The Balaban J connectivity index is 1.66. The average Bonchev–Trinajstić information content (AvgIpc) is 3.00. The number of nitrogens with zero attached hydrogens (tertiary/aromatic N) is 2. The number of aliphatic hydroxyl groups is 1. The summed E-state index contributed by atoms with van der Waals surface area (Å²) in [7, 11) is 0. The van der Waals surface area contributed by atoms with Gasteiger partial charge in [0.1, 0.15) is 5.82 Å². The smallest absolute Gasteiger partial charge is 0.264 e. The third kappa shape index (κ3) is 3.54.